The molecule has 0 atom stereocenters. The fourth-order valence-corrected chi connectivity index (χ4v) is 1.58. The van der Waals surface area contributed by atoms with E-state index in [1.54, 1.807) is 24.4 Å². The number of aliphatic hydroxyl groups excluding tert-OH is 1. The lowest BCUT2D eigenvalue weighted by atomic mass is 10.3. The Kier molecular flexibility index (Phi) is 2.83. The third-order valence-electron chi connectivity index (χ3n) is 1.96. The van der Waals surface area contributed by atoms with Gasteiger partial charge >= 0.3 is 0 Å². The molecule has 0 unspecified atom stereocenters. The second-order valence-electron chi connectivity index (χ2n) is 3.01. The van der Waals surface area contributed by atoms with Gasteiger partial charge in [0.1, 0.15) is 11.5 Å². The molecule has 78 valence electrons. The zero-order valence-electron chi connectivity index (χ0n) is 7.69. The molecule has 0 spiro atoms. The Bertz CT molecular complexity index is 484. The van der Waals surface area contributed by atoms with Crippen LogP contribution in [0.15, 0.2) is 34.9 Å². The first-order valence-electron chi connectivity index (χ1n) is 4.31. The van der Waals surface area contributed by atoms with Crippen LogP contribution in [0.2, 0.25) is 0 Å². The summed E-state index contributed by atoms with van der Waals surface area (Å²) in [6.45, 7) is -0.148. The van der Waals surface area contributed by atoms with Gasteiger partial charge in [-0.3, -0.25) is 0 Å². The molecule has 1 heterocycles. The summed E-state index contributed by atoms with van der Waals surface area (Å²) in [7, 11) is 0. The predicted molar refractivity (Wildman–Crippen MR) is 57.1 cm³/mol. The number of hydrogen-bond acceptors (Lipinski definition) is 2. The van der Waals surface area contributed by atoms with Crippen molar-refractivity contribution in [2.75, 3.05) is 0 Å². The molecule has 1 N–H and O–H groups in total. The molecule has 0 amide bonds. The number of halogens is 2. The smallest absolute Gasteiger partial charge is 0.149 e. The average molecular weight is 271 g/mol. The summed E-state index contributed by atoms with van der Waals surface area (Å²) in [4.78, 5) is 0. The molecule has 0 saturated heterocycles. The van der Waals surface area contributed by atoms with Crippen LogP contribution in [0, 0.1) is 5.82 Å². The van der Waals surface area contributed by atoms with E-state index in [9.17, 15) is 4.39 Å². The maximum atomic E-state index is 13.5. The summed E-state index contributed by atoms with van der Waals surface area (Å²) in [6, 6.07) is 6.36. The first-order chi connectivity index (χ1) is 7.20. The normalized spacial score (nSPS) is 10.6. The van der Waals surface area contributed by atoms with Crippen molar-refractivity contribution in [3.05, 3.63) is 46.4 Å². The zero-order valence-corrected chi connectivity index (χ0v) is 9.28. The Morgan fingerprint density at radius 3 is 2.80 bits per heavy atom. The number of nitrogens with zero attached hydrogens (tertiary/aromatic N) is 2. The van der Waals surface area contributed by atoms with Gasteiger partial charge in [-0.05, 0) is 24.3 Å². The van der Waals surface area contributed by atoms with Gasteiger partial charge in [0.2, 0.25) is 0 Å². The summed E-state index contributed by atoms with van der Waals surface area (Å²) in [6.07, 6.45) is 1.61. The quantitative estimate of drug-likeness (QED) is 0.909. The number of aromatic nitrogens is 2. The molecule has 1 aromatic carbocycles. The molecule has 1 aromatic heterocycles. The van der Waals surface area contributed by atoms with Gasteiger partial charge in [-0.15, -0.1) is 0 Å². The molecule has 0 aliphatic heterocycles. The molecule has 0 fully saturated rings. The SMILES string of the molecule is OCc1ccn(-c2ccc(Br)cc2F)n1. The van der Waals surface area contributed by atoms with Gasteiger partial charge in [0.15, 0.2) is 0 Å². The molecule has 0 saturated carbocycles. The molecule has 0 aliphatic rings. The lowest BCUT2D eigenvalue weighted by molar-refractivity contribution is 0.276. The van der Waals surface area contributed by atoms with Crippen LogP contribution in [0.4, 0.5) is 4.39 Å². The fourth-order valence-electron chi connectivity index (χ4n) is 1.25. The van der Waals surface area contributed by atoms with E-state index in [4.69, 9.17) is 5.11 Å². The monoisotopic (exact) mass is 270 g/mol. The minimum atomic E-state index is -0.364. The van der Waals surface area contributed by atoms with Crippen molar-refractivity contribution >= 4 is 15.9 Å². The highest BCUT2D eigenvalue weighted by Crippen LogP contribution is 2.18. The Morgan fingerprint density at radius 2 is 2.20 bits per heavy atom. The molecule has 0 bridgehead atoms. The summed E-state index contributed by atoms with van der Waals surface area (Å²) in [5, 5.41) is 12.8. The van der Waals surface area contributed by atoms with Crippen molar-refractivity contribution < 1.29 is 9.50 Å². The van der Waals surface area contributed by atoms with Crippen molar-refractivity contribution in [2.24, 2.45) is 0 Å². The largest absolute Gasteiger partial charge is 0.390 e. The van der Waals surface area contributed by atoms with Crippen molar-refractivity contribution in [1.82, 2.24) is 9.78 Å². The topological polar surface area (TPSA) is 38.0 Å². The summed E-state index contributed by atoms with van der Waals surface area (Å²) >= 11 is 3.18. The van der Waals surface area contributed by atoms with Crippen LogP contribution in [0.3, 0.4) is 0 Å². The van der Waals surface area contributed by atoms with Crippen LogP contribution in [0.5, 0.6) is 0 Å². The van der Waals surface area contributed by atoms with Crippen LogP contribution >= 0.6 is 15.9 Å². The minimum Gasteiger partial charge on any atom is -0.390 e. The Hall–Kier alpha value is -1.20. The van der Waals surface area contributed by atoms with E-state index in [2.05, 4.69) is 21.0 Å². The molecule has 5 heteroatoms. The van der Waals surface area contributed by atoms with E-state index in [1.165, 1.54) is 10.7 Å². The standard InChI is InChI=1S/C10H8BrFN2O/c11-7-1-2-10(9(12)5-7)14-4-3-8(6-15)13-14/h1-5,15H,6H2. The highest BCUT2D eigenvalue weighted by Gasteiger charge is 2.06. The maximum absolute atomic E-state index is 13.5. The lowest BCUT2D eigenvalue weighted by Gasteiger charge is -2.02. The Morgan fingerprint density at radius 1 is 1.40 bits per heavy atom. The highest BCUT2D eigenvalue weighted by molar-refractivity contribution is 9.10. The molecule has 0 radical (unpaired) electrons. The molecular formula is C10H8BrFN2O. The van der Waals surface area contributed by atoms with Crippen LogP contribution in [0.1, 0.15) is 5.69 Å². The van der Waals surface area contributed by atoms with Crippen LogP contribution < -0.4 is 0 Å². The molecule has 0 aliphatic carbocycles. The van der Waals surface area contributed by atoms with Gasteiger partial charge in [0.25, 0.3) is 0 Å². The second-order valence-corrected chi connectivity index (χ2v) is 3.92. The first kappa shape index (κ1) is 10.3. The fraction of sp³-hybridized carbons (Fsp3) is 0.100. The molecular weight excluding hydrogens is 263 g/mol. The first-order valence-corrected chi connectivity index (χ1v) is 5.11. The van der Waals surface area contributed by atoms with Crippen molar-refractivity contribution in [3.63, 3.8) is 0 Å². The average Bonchev–Trinajstić information content (AvgIpc) is 2.66. The van der Waals surface area contributed by atoms with Crippen molar-refractivity contribution in [1.29, 1.82) is 0 Å². The van der Waals surface area contributed by atoms with Crippen molar-refractivity contribution in [2.45, 2.75) is 6.61 Å². The summed E-state index contributed by atoms with van der Waals surface area (Å²) < 4.78 is 15.6. The van der Waals surface area contributed by atoms with E-state index < -0.39 is 0 Å². The number of benzene rings is 1. The van der Waals surface area contributed by atoms with E-state index in [1.807, 2.05) is 0 Å². The number of hydrogen-bond donors (Lipinski definition) is 1. The molecule has 2 rings (SSSR count). The van der Waals surface area contributed by atoms with E-state index >= 15 is 0 Å². The van der Waals surface area contributed by atoms with E-state index in [0.717, 1.165) is 0 Å². The predicted octanol–water partition coefficient (Wildman–Crippen LogP) is 2.27. The lowest BCUT2D eigenvalue weighted by Crippen LogP contribution is -1.99. The Balaban J connectivity index is 2.44. The van der Waals surface area contributed by atoms with Crippen molar-refractivity contribution in [3.8, 4) is 5.69 Å². The van der Waals surface area contributed by atoms with E-state index in [0.29, 0.717) is 15.9 Å². The van der Waals surface area contributed by atoms with Crippen LogP contribution in [-0.2, 0) is 6.61 Å². The third-order valence-corrected chi connectivity index (χ3v) is 2.46. The van der Waals surface area contributed by atoms with Gasteiger partial charge in [0.05, 0.1) is 12.3 Å². The van der Waals surface area contributed by atoms with Gasteiger partial charge < -0.3 is 5.11 Å². The second kappa shape index (κ2) is 4.12. The molecule has 2 aromatic rings. The van der Waals surface area contributed by atoms with Crippen LogP contribution in [-0.4, -0.2) is 14.9 Å². The van der Waals surface area contributed by atoms with Gasteiger partial charge in [-0.1, -0.05) is 15.9 Å². The van der Waals surface area contributed by atoms with E-state index in [-0.39, 0.29) is 12.4 Å². The van der Waals surface area contributed by atoms with Gasteiger partial charge in [0, 0.05) is 10.7 Å². The Labute approximate surface area is 94.3 Å². The highest BCUT2D eigenvalue weighted by atomic mass is 79.9. The summed E-state index contributed by atoms with van der Waals surface area (Å²) in [5.41, 5.74) is 0.871. The zero-order chi connectivity index (χ0) is 10.8. The number of aliphatic hydroxyl groups is 1. The van der Waals surface area contributed by atoms with Gasteiger partial charge in [-0.25, -0.2) is 9.07 Å². The van der Waals surface area contributed by atoms with Crippen LogP contribution in [0.25, 0.3) is 5.69 Å². The summed E-state index contributed by atoms with van der Waals surface area (Å²) in [5.74, 6) is -0.364. The van der Waals surface area contributed by atoms with Gasteiger partial charge in [-0.2, -0.15) is 5.10 Å². The molecule has 3 nitrogen and oxygen atoms in total. The number of rotatable bonds is 2. The third kappa shape index (κ3) is 2.08. The molecule has 15 heavy (non-hydrogen) atoms. The minimum absolute atomic E-state index is 0.148. The maximum Gasteiger partial charge on any atom is 0.149 e.